The molecule has 7 nitrogen and oxygen atoms in total. The highest BCUT2D eigenvalue weighted by Gasteiger charge is 2.15. The lowest BCUT2D eigenvalue weighted by molar-refractivity contribution is -0.142. The van der Waals surface area contributed by atoms with Crippen molar-refractivity contribution in [1.82, 2.24) is 10.3 Å². The molecule has 0 fully saturated rings. The summed E-state index contributed by atoms with van der Waals surface area (Å²) in [6, 6.07) is 7.32. The summed E-state index contributed by atoms with van der Waals surface area (Å²) in [6.07, 6.45) is 0.0571. The first-order chi connectivity index (χ1) is 13.2. The van der Waals surface area contributed by atoms with Crippen molar-refractivity contribution >= 4 is 34.3 Å². The molecule has 0 saturated carbocycles. The molecule has 2 rings (SSSR count). The second kappa shape index (κ2) is 9.45. The van der Waals surface area contributed by atoms with Gasteiger partial charge in [-0.1, -0.05) is 32.9 Å². The van der Waals surface area contributed by atoms with E-state index >= 15 is 0 Å². The van der Waals surface area contributed by atoms with Crippen LogP contribution < -0.4 is 10.6 Å². The van der Waals surface area contributed by atoms with Gasteiger partial charge in [0.15, 0.2) is 5.13 Å². The topological polar surface area (TPSA) is 97.4 Å². The van der Waals surface area contributed by atoms with E-state index in [1.807, 2.05) is 12.1 Å². The van der Waals surface area contributed by atoms with Gasteiger partial charge in [-0.2, -0.15) is 0 Å². The summed E-state index contributed by atoms with van der Waals surface area (Å²) in [5, 5.41) is 7.24. The maximum Gasteiger partial charge on any atom is 0.311 e. The highest BCUT2D eigenvalue weighted by Crippen LogP contribution is 2.22. The third-order valence-electron chi connectivity index (χ3n) is 3.85. The number of nitrogens with zero attached hydrogens (tertiary/aromatic N) is 1. The molecule has 2 N–H and O–H groups in total. The number of hydrogen-bond acceptors (Lipinski definition) is 6. The van der Waals surface area contributed by atoms with E-state index in [1.54, 1.807) is 24.4 Å². The first kappa shape index (κ1) is 21.6. The lowest BCUT2D eigenvalue weighted by Crippen LogP contribution is -2.32. The Morgan fingerprint density at radius 1 is 1.14 bits per heavy atom. The van der Waals surface area contributed by atoms with Gasteiger partial charge in [0.25, 0.3) is 5.91 Å². The van der Waals surface area contributed by atoms with Crippen LogP contribution in [0.4, 0.5) is 5.13 Å². The van der Waals surface area contributed by atoms with Crippen molar-refractivity contribution in [2.75, 3.05) is 18.5 Å². The summed E-state index contributed by atoms with van der Waals surface area (Å²) in [4.78, 5) is 39.8. The normalized spacial score (nSPS) is 11.0. The second-order valence-electron chi connectivity index (χ2n) is 7.18. The highest BCUT2D eigenvalue weighted by molar-refractivity contribution is 7.13. The van der Waals surface area contributed by atoms with Crippen LogP contribution in [-0.2, 0) is 26.2 Å². The molecule has 1 heterocycles. The molecule has 0 aliphatic heterocycles. The minimum absolute atomic E-state index is 0.00866. The van der Waals surface area contributed by atoms with Crippen LogP contribution in [0.1, 0.15) is 49.3 Å². The third kappa shape index (κ3) is 6.45. The first-order valence-electron chi connectivity index (χ1n) is 8.97. The van der Waals surface area contributed by atoms with E-state index in [2.05, 4.69) is 36.4 Å². The molecule has 0 aliphatic rings. The molecule has 1 aromatic carbocycles. The van der Waals surface area contributed by atoms with Gasteiger partial charge in [-0.15, -0.1) is 11.3 Å². The number of hydrogen-bond donors (Lipinski definition) is 2. The van der Waals surface area contributed by atoms with E-state index < -0.39 is 5.91 Å². The number of anilines is 1. The minimum Gasteiger partial charge on any atom is -0.466 e. The molecule has 2 aromatic rings. The number of esters is 1. The zero-order valence-electron chi connectivity index (χ0n) is 16.5. The Morgan fingerprint density at radius 2 is 1.82 bits per heavy atom. The molecule has 0 saturated heterocycles. The molecule has 8 heteroatoms. The number of carbonyl (C=O) groups excluding carboxylic acids is 3. The Hall–Kier alpha value is -2.74. The fourth-order valence-electron chi connectivity index (χ4n) is 2.35. The van der Waals surface area contributed by atoms with E-state index in [-0.39, 0.29) is 30.3 Å². The highest BCUT2D eigenvalue weighted by atomic mass is 32.1. The molecular weight excluding hydrogens is 378 g/mol. The number of rotatable bonds is 7. The summed E-state index contributed by atoms with van der Waals surface area (Å²) < 4.78 is 4.86. The quantitative estimate of drug-likeness (QED) is 0.693. The molecule has 0 atom stereocenters. The number of aromatic nitrogens is 1. The van der Waals surface area contributed by atoms with Gasteiger partial charge in [0.05, 0.1) is 25.3 Å². The van der Waals surface area contributed by atoms with Gasteiger partial charge >= 0.3 is 5.97 Å². The summed E-state index contributed by atoms with van der Waals surface area (Å²) >= 11 is 1.21. The second-order valence-corrected chi connectivity index (χ2v) is 8.04. The summed E-state index contributed by atoms with van der Waals surface area (Å²) in [5.41, 5.74) is 2.16. The zero-order valence-corrected chi connectivity index (χ0v) is 17.3. The van der Waals surface area contributed by atoms with Gasteiger partial charge in [-0.3, -0.25) is 14.4 Å². The van der Waals surface area contributed by atoms with Crippen LogP contribution in [0.2, 0.25) is 0 Å². The number of amides is 2. The predicted molar refractivity (Wildman–Crippen MR) is 109 cm³/mol. The van der Waals surface area contributed by atoms with Gasteiger partial charge in [0.2, 0.25) is 5.91 Å². The van der Waals surface area contributed by atoms with E-state index in [4.69, 9.17) is 4.74 Å². The summed E-state index contributed by atoms with van der Waals surface area (Å²) in [6.45, 7) is 8.17. The maximum atomic E-state index is 12.2. The van der Waals surface area contributed by atoms with Gasteiger partial charge < -0.3 is 15.4 Å². The lowest BCUT2D eigenvalue weighted by Gasteiger charge is -2.19. The van der Waals surface area contributed by atoms with Crippen LogP contribution in [0.25, 0.3) is 0 Å². The van der Waals surface area contributed by atoms with Crippen LogP contribution in [0.15, 0.2) is 29.6 Å². The average Bonchev–Trinajstić information content (AvgIpc) is 3.05. The fourth-order valence-corrected chi connectivity index (χ4v) is 3.08. The first-order valence-corrected chi connectivity index (χ1v) is 9.85. The van der Waals surface area contributed by atoms with Crippen molar-refractivity contribution in [1.29, 1.82) is 0 Å². The average molecular weight is 404 g/mol. The molecule has 0 bridgehead atoms. The smallest absolute Gasteiger partial charge is 0.311 e. The van der Waals surface area contributed by atoms with Crippen molar-refractivity contribution in [3.63, 3.8) is 0 Å². The molecule has 2 amide bonds. The van der Waals surface area contributed by atoms with Crippen LogP contribution in [0, 0.1) is 0 Å². The Kier molecular flexibility index (Phi) is 7.28. The molecule has 0 unspecified atom stereocenters. The fraction of sp³-hybridized carbons (Fsp3) is 0.400. The van der Waals surface area contributed by atoms with Crippen molar-refractivity contribution in [3.05, 3.63) is 46.5 Å². The monoisotopic (exact) mass is 403 g/mol. The van der Waals surface area contributed by atoms with Gasteiger partial charge in [0.1, 0.15) is 0 Å². The SMILES string of the molecule is CCOC(=O)Cc1csc(NC(=O)CNC(=O)c2ccc(C(C)(C)C)cc2)n1. The van der Waals surface area contributed by atoms with E-state index in [9.17, 15) is 14.4 Å². The molecule has 0 radical (unpaired) electrons. The number of carbonyl (C=O) groups is 3. The van der Waals surface area contributed by atoms with Gasteiger partial charge in [0, 0.05) is 10.9 Å². The van der Waals surface area contributed by atoms with E-state index in [0.29, 0.717) is 23.0 Å². The molecular formula is C20H25N3O4S. The number of nitrogens with one attached hydrogen (secondary N) is 2. The van der Waals surface area contributed by atoms with E-state index in [0.717, 1.165) is 5.56 Å². The Labute approximate surface area is 168 Å². The van der Waals surface area contributed by atoms with Crippen LogP contribution >= 0.6 is 11.3 Å². The van der Waals surface area contributed by atoms with Gasteiger partial charge in [-0.25, -0.2) is 4.98 Å². The van der Waals surface area contributed by atoms with E-state index in [1.165, 1.54) is 11.3 Å². The maximum absolute atomic E-state index is 12.2. The standard InChI is InChI=1S/C20H25N3O4S/c1-5-27-17(25)10-15-12-28-19(22-15)23-16(24)11-21-18(26)13-6-8-14(9-7-13)20(2,3)4/h6-9,12H,5,10-11H2,1-4H3,(H,21,26)(H,22,23,24). The van der Waals surface area contributed by atoms with Crippen molar-refractivity contribution in [3.8, 4) is 0 Å². The Morgan fingerprint density at radius 3 is 2.43 bits per heavy atom. The van der Waals surface area contributed by atoms with Crippen molar-refractivity contribution < 1.29 is 19.1 Å². The lowest BCUT2D eigenvalue weighted by atomic mass is 9.87. The molecule has 0 spiro atoms. The van der Waals surface area contributed by atoms with Crippen molar-refractivity contribution in [2.45, 2.75) is 39.5 Å². The summed E-state index contributed by atoms with van der Waals surface area (Å²) in [7, 11) is 0. The molecule has 1 aromatic heterocycles. The van der Waals surface area contributed by atoms with Crippen LogP contribution in [-0.4, -0.2) is 35.9 Å². The van der Waals surface area contributed by atoms with Gasteiger partial charge in [-0.05, 0) is 30.0 Å². The van der Waals surface area contributed by atoms with Crippen molar-refractivity contribution in [2.24, 2.45) is 0 Å². The Bertz CT molecular complexity index is 838. The predicted octanol–water partition coefficient (Wildman–Crippen LogP) is 2.91. The van der Waals surface area contributed by atoms with Crippen LogP contribution in [0.3, 0.4) is 0 Å². The Balaban J connectivity index is 1.83. The number of ether oxygens (including phenoxy) is 1. The van der Waals surface area contributed by atoms with Crippen LogP contribution in [0.5, 0.6) is 0 Å². The molecule has 28 heavy (non-hydrogen) atoms. The molecule has 0 aliphatic carbocycles. The minimum atomic E-state index is -0.392. The largest absolute Gasteiger partial charge is 0.466 e. The zero-order chi connectivity index (χ0) is 20.7. The molecule has 150 valence electrons. The summed E-state index contributed by atoms with van der Waals surface area (Å²) in [5.74, 6) is -1.08. The number of thiazole rings is 1. The number of benzene rings is 1. The third-order valence-corrected chi connectivity index (χ3v) is 4.66.